The van der Waals surface area contributed by atoms with Gasteiger partial charge in [-0.15, -0.1) is 0 Å². The van der Waals surface area contributed by atoms with E-state index in [9.17, 15) is 4.79 Å². The molecule has 68 valence electrons. The molecule has 1 atom stereocenters. The van der Waals surface area contributed by atoms with Crippen molar-refractivity contribution in [3.63, 3.8) is 0 Å². The molecule has 0 aromatic heterocycles. The number of unbranched alkanes of at least 4 members (excludes halogenated alkanes) is 1. The van der Waals surface area contributed by atoms with Gasteiger partial charge in [0.05, 0.1) is 6.04 Å². The van der Waals surface area contributed by atoms with Crippen LogP contribution in [0.5, 0.6) is 0 Å². The zero-order valence-electron chi connectivity index (χ0n) is 7.92. The van der Waals surface area contributed by atoms with Gasteiger partial charge in [0.2, 0.25) is 5.91 Å². The molecule has 2 heteroatoms. The number of likely N-dealkylation sites (N-methyl/N-ethyl adjacent to an activating group) is 1. The van der Waals surface area contributed by atoms with Crippen molar-refractivity contribution in [3.05, 3.63) is 12.2 Å². The fraction of sp³-hybridized carbons (Fsp3) is 0.700. The van der Waals surface area contributed by atoms with Crippen LogP contribution in [-0.4, -0.2) is 23.9 Å². The Hall–Kier alpha value is -0.790. The van der Waals surface area contributed by atoms with E-state index < -0.39 is 0 Å². The highest BCUT2D eigenvalue weighted by molar-refractivity contribution is 5.78. The second kappa shape index (κ2) is 4.29. The minimum atomic E-state index is 0.279. The monoisotopic (exact) mass is 167 g/mol. The second-order valence-corrected chi connectivity index (χ2v) is 3.33. The smallest absolute Gasteiger partial charge is 0.222 e. The van der Waals surface area contributed by atoms with Gasteiger partial charge in [0, 0.05) is 13.5 Å². The number of allylic oxidation sites excluding steroid dienone is 1. The van der Waals surface area contributed by atoms with Crippen LogP contribution in [0.3, 0.4) is 0 Å². The third-order valence-corrected chi connectivity index (χ3v) is 2.36. The summed E-state index contributed by atoms with van der Waals surface area (Å²) in [5.74, 6) is 0.279. The van der Waals surface area contributed by atoms with Gasteiger partial charge < -0.3 is 4.90 Å². The molecule has 1 saturated heterocycles. The summed E-state index contributed by atoms with van der Waals surface area (Å²) in [6, 6.07) is 0.365. The Morgan fingerprint density at radius 2 is 2.42 bits per heavy atom. The fourth-order valence-electron chi connectivity index (χ4n) is 1.47. The molecule has 0 bridgehead atoms. The van der Waals surface area contributed by atoms with Crippen LogP contribution >= 0.6 is 0 Å². The molecule has 0 N–H and O–H groups in total. The van der Waals surface area contributed by atoms with Gasteiger partial charge in [-0.25, -0.2) is 0 Å². The van der Waals surface area contributed by atoms with Crippen molar-refractivity contribution in [2.45, 2.75) is 38.6 Å². The maximum Gasteiger partial charge on any atom is 0.222 e. The summed E-state index contributed by atoms with van der Waals surface area (Å²) in [7, 11) is 1.89. The molecule has 1 aliphatic heterocycles. The normalized spacial score (nSPS) is 24.3. The van der Waals surface area contributed by atoms with Crippen molar-refractivity contribution in [2.24, 2.45) is 0 Å². The maximum atomic E-state index is 11.1. The standard InChI is InChI=1S/C10H17NO/c1-3-4-5-6-9-7-8-10(12)11(9)2/h5-6,9H,3-4,7-8H2,1-2H3/b6-5+. The molecule has 1 fully saturated rings. The number of hydrogen-bond acceptors (Lipinski definition) is 1. The van der Waals surface area contributed by atoms with Crippen molar-refractivity contribution in [3.8, 4) is 0 Å². The van der Waals surface area contributed by atoms with Crippen molar-refractivity contribution in [1.29, 1.82) is 0 Å². The van der Waals surface area contributed by atoms with E-state index in [1.807, 2.05) is 11.9 Å². The lowest BCUT2D eigenvalue weighted by atomic mass is 10.2. The van der Waals surface area contributed by atoms with E-state index in [0.29, 0.717) is 6.04 Å². The molecule has 1 heterocycles. The van der Waals surface area contributed by atoms with Crippen molar-refractivity contribution >= 4 is 5.91 Å². The van der Waals surface area contributed by atoms with Gasteiger partial charge in [-0.2, -0.15) is 0 Å². The average molecular weight is 167 g/mol. The number of carbonyl (C=O) groups excluding carboxylic acids is 1. The number of amides is 1. The van der Waals surface area contributed by atoms with E-state index in [1.165, 1.54) is 6.42 Å². The van der Waals surface area contributed by atoms with E-state index >= 15 is 0 Å². The molecule has 1 unspecified atom stereocenters. The number of nitrogens with zero attached hydrogens (tertiary/aromatic N) is 1. The Labute approximate surface area is 74.2 Å². The van der Waals surface area contributed by atoms with Gasteiger partial charge in [0.15, 0.2) is 0 Å². The van der Waals surface area contributed by atoms with Crippen LogP contribution in [0.1, 0.15) is 32.6 Å². The third kappa shape index (κ3) is 2.10. The molecule has 2 nitrogen and oxygen atoms in total. The Bertz CT molecular complexity index is 186. The molecule has 0 aromatic carbocycles. The number of rotatable bonds is 3. The van der Waals surface area contributed by atoms with Gasteiger partial charge in [0.1, 0.15) is 0 Å². The zero-order chi connectivity index (χ0) is 8.97. The average Bonchev–Trinajstić information content (AvgIpc) is 2.36. The van der Waals surface area contributed by atoms with Crippen LogP contribution in [0.25, 0.3) is 0 Å². The van der Waals surface area contributed by atoms with Crippen LogP contribution in [0.2, 0.25) is 0 Å². The first kappa shape index (κ1) is 9.30. The summed E-state index contributed by atoms with van der Waals surface area (Å²) in [6.07, 6.45) is 8.36. The van der Waals surface area contributed by atoms with Crippen molar-refractivity contribution < 1.29 is 4.79 Å². The fourth-order valence-corrected chi connectivity index (χ4v) is 1.47. The molecule has 12 heavy (non-hydrogen) atoms. The summed E-state index contributed by atoms with van der Waals surface area (Å²) in [5, 5.41) is 0. The SMILES string of the molecule is CCC/C=C/C1CCC(=O)N1C. The second-order valence-electron chi connectivity index (χ2n) is 3.33. The summed E-state index contributed by atoms with van der Waals surface area (Å²) in [5.41, 5.74) is 0. The Morgan fingerprint density at radius 1 is 1.67 bits per heavy atom. The summed E-state index contributed by atoms with van der Waals surface area (Å²) < 4.78 is 0. The minimum Gasteiger partial charge on any atom is -0.339 e. The highest BCUT2D eigenvalue weighted by Gasteiger charge is 2.24. The molecule has 0 spiro atoms. The topological polar surface area (TPSA) is 20.3 Å². The molecular weight excluding hydrogens is 150 g/mol. The highest BCUT2D eigenvalue weighted by Crippen LogP contribution is 2.17. The van der Waals surface area contributed by atoms with Crippen LogP contribution < -0.4 is 0 Å². The van der Waals surface area contributed by atoms with Crippen LogP contribution in [-0.2, 0) is 4.79 Å². The largest absolute Gasteiger partial charge is 0.339 e. The van der Waals surface area contributed by atoms with E-state index in [2.05, 4.69) is 19.1 Å². The van der Waals surface area contributed by atoms with Crippen LogP contribution in [0, 0.1) is 0 Å². The van der Waals surface area contributed by atoms with Gasteiger partial charge in [0.25, 0.3) is 0 Å². The first-order valence-electron chi connectivity index (χ1n) is 4.68. The Balaban J connectivity index is 2.38. The summed E-state index contributed by atoms with van der Waals surface area (Å²) in [4.78, 5) is 12.9. The Kier molecular flexibility index (Phi) is 3.32. The first-order chi connectivity index (χ1) is 5.75. The molecule has 1 aliphatic rings. The summed E-state index contributed by atoms with van der Waals surface area (Å²) >= 11 is 0. The van der Waals surface area contributed by atoms with Gasteiger partial charge in [-0.05, 0) is 12.8 Å². The predicted molar refractivity (Wildman–Crippen MR) is 49.8 cm³/mol. The minimum absolute atomic E-state index is 0.279. The first-order valence-corrected chi connectivity index (χ1v) is 4.68. The van der Waals surface area contributed by atoms with Crippen LogP contribution in [0.15, 0.2) is 12.2 Å². The quantitative estimate of drug-likeness (QED) is 0.588. The maximum absolute atomic E-state index is 11.1. The van der Waals surface area contributed by atoms with Crippen molar-refractivity contribution in [2.75, 3.05) is 7.05 Å². The lowest BCUT2D eigenvalue weighted by Gasteiger charge is -2.15. The molecule has 0 radical (unpaired) electrons. The molecule has 1 amide bonds. The van der Waals surface area contributed by atoms with E-state index in [4.69, 9.17) is 0 Å². The number of hydrogen-bond donors (Lipinski definition) is 0. The van der Waals surface area contributed by atoms with E-state index in [0.717, 1.165) is 19.3 Å². The predicted octanol–water partition coefficient (Wildman–Crippen LogP) is 1.96. The molecule has 0 aromatic rings. The highest BCUT2D eigenvalue weighted by atomic mass is 16.2. The third-order valence-electron chi connectivity index (χ3n) is 2.36. The number of carbonyl (C=O) groups is 1. The van der Waals surface area contributed by atoms with Crippen LogP contribution in [0.4, 0.5) is 0 Å². The van der Waals surface area contributed by atoms with E-state index in [-0.39, 0.29) is 5.91 Å². The van der Waals surface area contributed by atoms with Gasteiger partial charge in [-0.3, -0.25) is 4.79 Å². The van der Waals surface area contributed by atoms with E-state index in [1.54, 1.807) is 0 Å². The molecule has 0 aliphatic carbocycles. The summed E-state index contributed by atoms with van der Waals surface area (Å²) in [6.45, 7) is 2.16. The molecule has 1 rings (SSSR count). The van der Waals surface area contributed by atoms with Gasteiger partial charge >= 0.3 is 0 Å². The van der Waals surface area contributed by atoms with Gasteiger partial charge in [-0.1, -0.05) is 25.5 Å². The lowest BCUT2D eigenvalue weighted by molar-refractivity contribution is -0.127. The lowest BCUT2D eigenvalue weighted by Crippen LogP contribution is -2.26. The molecular formula is C10H17NO. The zero-order valence-corrected chi connectivity index (χ0v) is 7.92. The Morgan fingerprint density at radius 3 is 2.92 bits per heavy atom. The van der Waals surface area contributed by atoms with Crippen molar-refractivity contribution in [1.82, 2.24) is 4.90 Å². The number of likely N-dealkylation sites (tertiary alicyclic amines) is 1. The molecule has 0 saturated carbocycles.